The largest absolute Gasteiger partial charge is 0.387 e. The smallest absolute Gasteiger partial charge is 0.0950 e. The van der Waals surface area contributed by atoms with E-state index in [2.05, 4.69) is 49.9 Å². The Kier molecular flexibility index (Phi) is 3.79. The number of hydrogen-bond acceptors (Lipinski definition) is 2. The molecule has 0 atom stereocenters. The van der Waals surface area contributed by atoms with E-state index in [4.69, 9.17) is 0 Å². The van der Waals surface area contributed by atoms with Crippen molar-refractivity contribution < 1.29 is 5.11 Å². The predicted octanol–water partition coefficient (Wildman–Crippen LogP) is 3.06. The van der Waals surface area contributed by atoms with Gasteiger partial charge in [0.2, 0.25) is 0 Å². The zero-order valence-electron chi connectivity index (χ0n) is 11.8. The van der Waals surface area contributed by atoms with Gasteiger partial charge in [-0.1, -0.05) is 57.5 Å². The number of nitrogens with zero attached hydrogens (tertiary/aromatic N) is 1. The summed E-state index contributed by atoms with van der Waals surface area (Å²) in [5.41, 5.74) is 0.847. The van der Waals surface area contributed by atoms with Gasteiger partial charge < -0.3 is 5.11 Å². The minimum Gasteiger partial charge on any atom is -0.387 e. The minimum atomic E-state index is -0.502. The molecule has 0 aliphatic carbocycles. The molecule has 0 aromatic heterocycles. The maximum Gasteiger partial charge on any atom is 0.0950 e. The molecule has 0 saturated carbocycles. The maximum atomic E-state index is 10.7. The lowest BCUT2D eigenvalue weighted by molar-refractivity contribution is -0.173. The third-order valence-corrected chi connectivity index (χ3v) is 4.35. The summed E-state index contributed by atoms with van der Waals surface area (Å²) in [5, 5.41) is 10.7. The quantitative estimate of drug-likeness (QED) is 0.864. The first-order chi connectivity index (χ1) is 8.47. The number of hydrogen-bond donors (Lipinski definition) is 1. The predicted molar refractivity (Wildman–Crippen MR) is 75.4 cm³/mol. The van der Waals surface area contributed by atoms with Crippen LogP contribution >= 0.6 is 0 Å². The Morgan fingerprint density at radius 1 is 1.22 bits per heavy atom. The van der Waals surface area contributed by atoms with Gasteiger partial charge in [-0.2, -0.15) is 0 Å². The van der Waals surface area contributed by atoms with Gasteiger partial charge in [0.15, 0.2) is 0 Å². The molecule has 2 rings (SSSR count). The van der Waals surface area contributed by atoms with E-state index in [1.807, 2.05) is 6.07 Å². The molecule has 1 saturated heterocycles. The van der Waals surface area contributed by atoms with Crippen LogP contribution < -0.4 is 0 Å². The normalized spacial score (nSPS) is 19.6. The van der Waals surface area contributed by atoms with Gasteiger partial charge in [0.1, 0.15) is 0 Å². The monoisotopic (exact) mass is 247 g/mol. The summed E-state index contributed by atoms with van der Waals surface area (Å²) in [5.74, 6) is 0. The topological polar surface area (TPSA) is 23.5 Å². The molecule has 1 aliphatic rings. The fourth-order valence-corrected chi connectivity index (χ4v) is 2.93. The molecule has 2 nitrogen and oxygen atoms in total. The highest BCUT2D eigenvalue weighted by Gasteiger charge is 2.51. The Hall–Kier alpha value is -0.860. The maximum absolute atomic E-state index is 10.7. The highest BCUT2D eigenvalue weighted by Crippen LogP contribution is 2.42. The molecule has 1 aliphatic heterocycles. The average molecular weight is 247 g/mol. The summed E-state index contributed by atoms with van der Waals surface area (Å²) in [7, 11) is 0. The SMILES string of the molecule is CCCC(C)(C)C1(O)CN(Cc2ccccc2)C1. The van der Waals surface area contributed by atoms with Crippen LogP contribution in [-0.4, -0.2) is 28.7 Å². The van der Waals surface area contributed by atoms with Crippen molar-refractivity contribution in [2.24, 2.45) is 5.41 Å². The van der Waals surface area contributed by atoms with E-state index >= 15 is 0 Å². The first-order valence-corrected chi connectivity index (χ1v) is 6.95. The Morgan fingerprint density at radius 3 is 2.39 bits per heavy atom. The van der Waals surface area contributed by atoms with E-state index in [-0.39, 0.29) is 5.41 Å². The highest BCUT2D eigenvalue weighted by molar-refractivity contribution is 5.16. The van der Waals surface area contributed by atoms with E-state index in [9.17, 15) is 5.11 Å². The fraction of sp³-hybridized carbons (Fsp3) is 0.625. The zero-order chi connectivity index (χ0) is 13.2. The second-order valence-corrected chi connectivity index (χ2v) is 6.30. The number of benzene rings is 1. The lowest BCUT2D eigenvalue weighted by Gasteiger charge is -2.55. The minimum absolute atomic E-state index is 0.0228. The second-order valence-electron chi connectivity index (χ2n) is 6.30. The molecule has 18 heavy (non-hydrogen) atoms. The van der Waals surface area contributed by atoms with Crippen molar-refractivity contribution in [1.82, 2.24) is 4.90 Å². The Balaban J connectivity index is 1.90. The molecule has 0 amide bonds. The molecule has 1 aromatic rings. The molecule has 0 spiro atoms. The summed E-state index contributed by atoms with van der Waals surface area (Å²) >= 11 is 0. The second kappa shape index (κ2) is 5.02. The van der Waals surface area contributed by atoms with E-state index in [1.54, 1.807) is 0 Å². The standard InChI is InChI=1S/C16H25NO/c1-4-10-15(2,3)16(18)12-17(13-16)11-14-8-6-5-7-9-14/h5-9,18H,4,10-13H2,1-3H3. The van der Waals surface area contributed by atoms with Crippen molar-refractivity contribution in [3.05, 3.63) is 35.9 Å². The highest BCUT2D eigenvalue weighted by atomic mass is 16.3. The van der Waals surface area contributed by atoms with Gasteiger partial charge in [-0.15, -0.1) is 0 Å². The molecule has 1 N–H and O–H groups in total. The van der Waals surface area contributed by atoms with Crippen LogP contribution in [0.15, 0.2) is 30.3 Å². The van der Waals surface area contributed by atoms with Crippen LogP contribution in [0.2, 0.25) is 0 Å². The number of rotatable bonds is 5. The van der Waals surface area contributed by atoms with Crippen LogP contribution in [0, 0.1) is 5.41 Å². The fourth-order valence-electron chi connectivity index (χ4n) is 2.93. The zero-order valence-corrected chi connectivity index (χ0v) is 11.8. The molecule has 0 unspecified atom stereocenters. The van der Waals surface area contributed by atoms with Crippen LogP contribution in [0.25, 0.3) is 0 Å². The van der Waals surface area contributed by atoms with Crippen LogP contribution in [0.1, 0.15) is 39.2 Å². The summed E-state index contributed by atoms with van der Waals surface area (Å²) in [4.78, 5) is 2.33. The molecule has 1 aromatic carbocycles. The Bertz CT molecular complexity index is 379. The summed E-state index contributed by atoms with van der Waals surface area (Å²) in [6.45, 7) is 9.12. The van der Waals surface area contributed by atoms with E-state index < -0.39 is 5.60 Å². The van der Waals surface area contributed by atoms with Crippen LogP contribution in [-0.2, 0) is 6.54 Å². The van der Waals surface area contributed by atoms with Crippen molar-refractivity contribution in [3.8, 4) is 0 Å². The van der Waals surface area contributed by atoms with Gasteiger partial charge in [-0.05, 0) is 17.4 Å². The average Bonchev–Trinajstić information content (AvgIpc) is 2.28. The third-order valence-electron chi connectivity index (χ3n) is 4.35. The molecule has 2 heteroatoms. The summed E-state index contributed by atoms with van der Waals surface area (Å²) in [6, 6.07) is 10.5. The molecule has 100 valence electrons. The molecule has 0 bridgehead atoms. The molecular formula is C16H25NO. The van der Waals surface area contributed by atoms with E-state index in [0.29, 0.717) is 0 Å². The molecule has 1 heterocycles. The van der Waals surface area contributed by atoms with E-state index in [0.717, 1.165) is 32.5 Å². The lowest BCUT2D eigenvalue weighted by atomic mass is 9.67. The van der Waals surface area contributed by atoms with Gasteiger partial charge in [-0.3, -0.25) is 4.90 Å². The number of β-amino-alcohol motifs (C(OH)–C–C–N with tert-alkyl or cyclic N) is 1. The summed E-state index contributed by atoms with van der Waals surface area (Å²) in [6.07, 6.45) is 2.22. The van der Waals surface area contributed by atoms with Gasteiger partial charge in [0.25, 0.3) is 0 Å². The molecule has 1 fully saturated rings. The lowest BCUT2D eigenvalue weighted by Crippen LogP contribution is -2.67. The van der Waals surface area contributed by atoms with Crippen molar-refractivity contribution >= 4 is 0 Å². The van der Waals surface area contributed by atoms with Crippen LogP contribution in [0.4, 0.5) is 0 Å². The van der Waals surface area contributed by atoms with Gasteiger partial charge >= 0.3 is 0 Å². The first-order valence-electron chi connectivity index (χ1n) is 6.95. The third kappa shape index (κ3) is 2.60. The van der Waals surface area contributed by atoms with Gasteiger partial charge in [0.05, 0.1) is 5.60 Å². The molecule has 0 radical (unpaired) electrons. The van der Waals surface area contributed by atoms with Gasteiger partial charge in [0, 0.05) is 19.6 Å². The van der Waals surface area contributed by atoms with Crippen molar-refractivity contribution in [3.63, 3.8) is 0 Å². The Labute approximate surface area is 111 Å². The number of aliphatic hydroxyl groups is 1. The van der Waals surface area contributed by atoms with Gasteiger partial charge in [-0.25, -0.2) is 0 Å². The van der Waals surface area contributed by atoms with E-state index in [1.165, 1.54) is 5.56 Å². The van der Waals surface area contributed by atoms with Crippen molar-refractivity contribution in [2.75, 3.05) is 13.1 Å². The molecular weight excluding hydrogens is 222 g/mol. The number of likely N-dealkylation sites (tertiary alicyclic amines) is 1. The first kappa shape index (κ1) is 13.6. The Morgan fingerprint density at radius 2 is 1.83 bits per heavy atom. The van der Waals surface area contributed by atoms with Crippen LogP contribution in [0.3, 0.4) is 0 Å². The summed E-state index contributed by atoms with van der Waals surface area (Å²) < 4.78 is 0. The van der Waals surface area contributed by atoms with Crippen molar-refractivity contribution in [2.45, 2.75) is 45.8 Å². The van der Waals surface area contributed by atoms with Crippen molar-refractivity contribution in [1.29, 1.82) is 0 Å². The van der Waals surface area contributed by atoms with Crippen LogP contribution in [0.5, 0.6) is 0 Å².